The van der Waals surface area contributed by atoms with E-state index in [4.69, 9.17) is 4.74 Å². The van der Waals surface area contributed by atoms with E-state index in [0.717, 1.165) is 62.6 Å². The molecule has 4 heterocycles. The summed E-state index contributed by atoms with van der Waals surface area (Å²) in [6.07, 6.45) is 6.63. The summed E-state index contributed by atoms with van der Waals surface area (Å²) < 4.78 is 5.20. The predicted octanol–water partition coefficient (Wildman–Crippen LogP) is 2.46. The summed E-state index contributed by atoms with van der Waals surface area (Å²) in [5.74, 6) is 1.05. The van der Waals surface area contributed by atoms with Crippen LogP contribution in [0.1, 0.15) is 41.0 Å². The maximum Gasteiger partial charge on any atom is 0.255 e. The van der Waals surface area contributed by atoms with Gasteiger partial charge in [0, 0.05) is 56.7 Å². The topological polar surface area (TPSA) is 71.5 Å². The van der Waals surface area contributed by atoms with Gasteiger partial charge < -0.3 is 14.5 Å². The fourth-order valence-electron chi connectivity index (χ4n) is 4.51. The van der Waals surface area contributed by atoms with E-state index in [2.05, 4.69) is 19.9 Å². The van der Waals surface area contributed by atoms with Gasteiger partial charge in [0.15, 0.2) is 0 Å². The van der Waals surface area contributed by atoms with Crippen LogP contribution in [0.2, 0.25) is 0 Å². The second-order valence-electron chi connectivity index (χ2n) is 7.94. The molecule has 0 N–H and O–H groups in total. The summed E-state index contributed by atoms with van der Waals surface area (Å²) in [7, 11) is 1.67. The van der Waals surface area contributed by atoms with E-state index in [1.54, 1.807) is 19.6 Å². The summed E-state index contributed by atoms with van der Waals surface area (Å²) in [4.78, 5) is 30.4. The zero-order chi connectivity index (χ0) is 19.6. The van der Waals surface area contributed by atoms with Gasteiger partial charge in [-0.15, -0.1) is 0 Å². The van der Waals surface area contributed by atoms with Crippen molar-refractivity contribution >= 4 is 11.7 Å². The van der Waals surface area contributed by atoms with Crippen molar-refractivity contribution in [3.8, 4) is 0 Å². The van der Waals surface area contributed by atoms with Crippen LogP contribution in [0.3, 0.4) is 0 Å². The number of amides is 1. The van der Waals surface area contributed by atoms with Crippen LogP contribution < -0.4 is 4.90 Å². The quantitative estimate of drug-likeness (QED) is 0.810. The Kier molecular flexibility index (Phi) is 5.26. The number of aromatic nitrogens is 3. The fraction of sp³-hybridized carbons (Fsp3) is 0.524. The van der Waals surface area contributed by atoms with E-state index in [1.807, 2.05) is 30.0 Å². The van der Waals surface area contributed by atoms with Crippen LogP contribution in [0.4, 0.5) is 5.82 Å². The molecule has 2 aliphatic rings. The molecule has 1 amide bonds. The predicted molar refractivity (Wildman–Crippen MR) is 106 cm³/mol. The largest absolute Gasteiger partial charge is 0.378 e. The van der Waals surface area contributed by atoms with Crippen molar-refractivity contribution in [3.63, 3.8) is 0 Å². The molecule has 2 aromatic rings. The van der Waals surface area contributed by atoms with Gasteiger partial charge in [-0.3, -0.25) is 9.78 Å². The van der Waals surface area contributed by atoms with Crippen molar-refractivity contribution in [1.82, 2.24) is 19.9 Å². The number of carbonyl (C=O) groups is 1. The number of likely N-dealkylation sites (tertiary alicyclic amines) is 1. The number of ether oxygens (including phenoxy) is 1. The van der Waals surface area contributed by atoms with Crippen LogP contribution in [0.15, 0.2) is 30.7 Å². The Morgan fingerprint density at radius 1 is 1.21 bits per heavy atom. The van der Waals surface area contributed by atoms with Gasteiger partial charge >= 0.3 is 0 Å². The first kappa shape index (κ1) is 18.8. The number of methoxy groups -OCH3 is 1. The Hall–Kier alpha value is -2.54. The highest BCUT2D eigenvalue weighted by Gasteiger charge is 2.43. The van der Waals surface area contributed by atoms with E-state index in [9.17, 15) is 4.79 Å². The van der Waals surface area contributed by atoms with Crippen LogP contribution >= 0.6 is 0 Å². The third-order valence-corrected chi connectivity index (χ3v) is 5.95. The molecule has 0 aromatic carbocycles. The average Bonchev–Trinajstić information content (AvgIpc) is 3.11. The van der Waals surface area contributed by atoms with Crippen molar-refractivity contribution in [1.29, 1.82) is 0 Å². The number of carbonyl (C=O) groups excluding carboxylic acids is 1. The highest BCUT2D eigenvalue weighted by Crippen LogP contribution is 2.40. The van der Waals surface area contributed by atoms with Gasteiger partial charge in [-0.1, -0.05) is 0 Å². The number of aryl methyl sites for hydroxylation is 1. The molecule has 1 unspecified atom stereocenters. The first-order valence-corrected chi connectivity index (χ1v) is 9.86. The Morgan fingerprint density at radius 3 is 2.93 bits per heavy atom. The van der Waals surface area contributed by atoms with Crippen LogP contribution in [0.5, 0.6) is 0 Å². The monoisotopic (exact) mass is 381 g/mol. The van der Waals surface area contributed by atoms with Crippen molar-refractivity contribution in [3.05, 3.63) is 47.7 Å². The number of pyridine rings is 1. The van der Waals surface area contributed by atoms with Crippen LogP contribution in [-0.4, -0.2) is 59.0 Å². The van der Waals surface area contributed by atoms with Crippen molar-refractivity contribution in [2.75, 3.05) is 38.2 Å². The SMILES string of the molecule is COCc1cc(N2CCCC3(CCN(C(=O)c4cccnc4C)C3)C2)ncn1. The van der Waals surface area contributed by atoms with Gasteiger partial charge in [0.05, 0.1) is 17.9 Å². The molecule has 2 saturated heterocycles. The first-order valence-electron chi connectivity index (χ1n) is 9.86. The lowest BCUT2D eigenvalue weighted by Crippen LogP contribution is -2.45. The zero-order valence-corrected chi connectivity index (χ0v) is 16.6. The number of nitrogens with zero attached hydrogens (tertiary/aromatic N) is 5. The first-order chi connectivity index (χ1) is 13.6. The molecule has 2 aromatic heterocycles. The summed E-state index contributed by atoms with van der Waals surface area (Å²) in [5.41, 5.74) is 2.54. The van der Waals surface area contributed by atoms with E-state index in [-0.39, 0.29) is 11.3 Å². The van der Waals surface area contributed by atoms with Gasteiger partial charge in [-0.05, 0) is 38.3 Å². The Balaban J connectivity index is 1.48. The molecule has 0 radical (unpaired) electrons. The molecule has 0 bridgehead atoms. The normalized spacial score (nSPS) is 22.1. The average molecular weight is 381 g/mol. The van der Waals surface area contributed by atoms with Gasteiger partial charge in [-0.2, -0.15) is 0 Å². The summed E-state index contributed by atoms with van der Waals surface area (Å²) in [6.45, 7) is 5.90. The Bertz CT molecular complexity index is 858. The van der Waals surface area contributed by atoms with Crippen molar-refractivity contribution in [2.45, 2.75) is 32.8 Å². The van der Waals surface area contributed by atoms with Gasteiger partial charge in [0.25, 0.3) is 5.91 Å². The number of hydrogen-bond donors (Lipinski definition) is 0. The minimum atomic E-state index is 0.101. The molecular weight excluding hydrogens is 354 g/mol. The molecule has 7 nitrogen and oxygen atoms in total. The lowest BCUT2D eigenvalue weighted by molar-refractivity contribution is 0.0766. The molecule has 4 rings (SSSR count). The molecule has 2 fully saturated rings. The van der Waals surface area contributed by atoms with Crippen LogP contribution in [0, 0.1) is 12.3 Å². The minimum absolute atomic E-state index is 0.101. The van der Waals surface area contributed by atoms with E-state index in [1.165, 1.54) is 0 Å². The Labute approximate surface area is 165 Å². The van der Waals surface area contributed by atoms with E-state index < -0.39 is 0 Å². The number of rotatable bonds is 4. The van der Waals surface area contributed by atoms with Crippen LogP contribution in [-0.2, 0) is 11.3 Å². The van der Waals surface area contributed by atoms with Gasteiger partial charge in [0.1, 0.15) is 12.1 Å². The summed E-state index contributed by atoms with van der Waals surface area (Å²) in [5, 5.41) is 0. The molecule has 2 aliphatic heterocycles. The third kappa shape index (κ3) is 3.71. The van der Waals surface area contributed by atoms with Crippen molar-refractivity contribution in [2.24, 2.45) is 5.41 Å². The zero-order valence-electron chi connectivity index (χ0n) is 16.6. The number of hydrogen-bond acceptors (Lipinski definition) is 6. The van der Waals surface area contributed by atoms with Gasteiger partial charge in [0.2, 0.25) is 0 Å². The highest BCUT2D eigenvalue weighted by atomic mass is 16.5. The number of piperidine rings is 1. The fourth-order valence-corrected chi connectivity index (χ4v) is 4.51. The van der Waals surface area contributed by atoms with E-state index in [0.29, 0.717) is 12.2 Å². The van der Waals surface area contributed by atoms with Gasteiger partial charge in [-0.25, -0.2) is 9.97 Å². The summed E-state index contributed by atoms with van der Waals surface area (Å²) >= 11 is 0. The van der Waals surface area contributed by atoms with E-state index >= 15 is 0 Å². The van der Waals surface area contributed by atoms with Crippen LogP contribution in [0.25, 0.3) is 0 Å². The summed E-state index contributed by atoms with van der Waals surface area (Å²) in [6, 6.07) is 5.72. The minimum Gasteiger partial charge on any atom is -0.378 e. The Morgan fingerprint density at radius 2 is 2.11 bits per heavy atom. The molecule has 1 spiro atoms. The smallest absolute Gasteiger partial charge is 0.255 e. The molecule has 28 heavy (non-hydrogen) atoms. The maximum atomic E-state index is 13.0. The second kappa shape index (κ2) is 7.83. The molecular formula is C21H27N5O2. The van der Waals surface area contributed by atoms with Crippen molar-refractivity contribution < 1.29 is 9.53 Å². The number of anilines is 1. The second-order valence-corrected chi connectivity index (χ2v) is 7.94. The molecule has 148 valence electrons. The molecule has 1 atom stereocenters. The molecule has 7 heteroatoms. The molecule has 0 aliphatic carbocycles. The lowest BCUT2D eigenvalue weighted by Gasteiger charge is -2.41. The highest BCUT2D eigenvalue weighted by molar-refractivity contribution is 5.95. The molecule has 0 saturated carbocycles. The lowest BCUT2D eigenvalue weighted by atomic mass is 9.79. The standard InChI is InChI=1S/C21H27N5O2/c1-16-18(5-3-8-22-16)20(27)26-10-7-21(14-26)6-4-9-25(13-21)19-11-17(12-28-2)23-15-24-19/h3,5,8,11,15H,4,6-7,9-10,12-14H2,1-2H3. The third-order valence-electron chi connectivity index (χ3n) is 5.95. The maximum absolute atomic E-state index is 13.0.